The number of amides is 1. The first-order chi connectivity index (χ1) is 13.3. The number of sulfonamides is 1. The molecule has 0 aliphatic heterocycles. The Morgan fingerprint density at radius 3 is 2.18 bits per heavy atom. The highest BCUT2D eigenvalue weighted by molar-refractivity contribution is 7.92. The number of nitrogens with zero attached hydrogens (tertiary/aromatic N) is 1. The molecular weight excluding hydrogens is 380 g/mol. The first-order valence-corrected chi connectivity index (χ1v) is 10.5. The Bertz CT molecular complexity index is 893. The SMILES string of the molecule is C=CCOc1ccc(NC(=O)CN(c2ccc(OCC)cc2)S(C)(=O)=O)cc1. The van der Waals surface area contributed by atoms with E-state index in [9.17, 15) is 13.2 Å². The molecule has 0 aliphatic rings. The van der Waals surface area contributed by atoms with Crippen LogP contribution in [0.1, 0.15) is 6.92 Å². The lowest BCUT2D eigenvalue weighted by atomic mass is 10.3. The maximum atomic E-state index is 12.4. The zero-order valence-electron chi connectivity index (χ0n) is 15.9. The average Bonchev–Trinajstić information content (AvgIpc) is 2.66. The Kier molecular flexibility index (Phi) is 7.45. The van der Waals surface area contributed by atoms with Crippen LogP contribution in [0.15, 0.2) is 61.2 Å². The van der Waals surface area contributed by atoms with E-state index in [1.54, 1.807) is 54.6 Å². The molecule has 150 valence electrons. The molecule has 1 N–H and O–H groups in total. The molecule has 0 atom stereocenters. The van der Waals surface area contributed by atoms with Crippen molar-refractivity contribution in [1.82, 2.24) is 0 Å². The highest BCUT2D eigenvalue weighted by Crippen LogP contribution is 2.22. The van der Waals surface area contributed by atoms with Gasteiger partial charge in [0.2, 0.25) is 15.9 Å². The van der Waals surface area contributed by atoms with Crippen molar-refractivity contribution in [2.45, 2.75) is 6.92 Å². The normalized spacial score (nSPS) is 10.8. The topological polar surface area (TPSA) is 84.9 Å². The molecule has 2 aromatic rings. The maximum Gasteiger partial charge on any atom is 0.245 e. The van der Waals surface area contributed by atoms with Crippen LogP contribution in [-0.2, 0) is 14.8 Å². The Balaban J connectivity index is 2.07. The molecule has 0 radical (unpaired) electrons. The van der Waals surface area contributed by atoms with Crippen molar-refractivity contribution in [1.29, 1.82) is 0 Å². The molecule has 0 heterocycles. The van der Waals surface area contributed by atoms with E-state index >= 15 is 0 Å². The third kappa shape index (κ3) is 6.31. The first kappa shape index (κ1) is 21.3. The lowest BCUT2D eigenvalue weighted by Gasteiger charge is -2.22. The van der Waals surface area contributed by atoms with Crippen LogP contribution in [0, 0.1) is 0 Å². The number of anilines is 2. The molecule has 28 heavy (non-hydrogen) atoms. The smallest absolute Gasteiger partial charge is 0.245 e. The molecule has 2 rings (SSSR count). The summed E-state index contributed by atoms with van der Waals surface area (Å²) in [4.78, 5) is 12.4. The molecule has 0 bridgehead atoms. The molecule has 0 aliphatic carbocycles. The molecule has 0 saturated carbocycles. The van der Waals surface area contributed by atoms with Crippen LogP contribution in [-0.4, -0.2) is 40.3 Å². The minimum absolute atomic E-state index is 0.346. The van der Waals surface area contributed by atoms with E-state index in [2.05, 4.69) is 11.9 Å². The summed E-state index contributed by atoms with van der Waals surface area (Å²) < 4.78 is 36.1. The van der Waals surface area contributed by atoms with Crippen molar-refractivity contribution in [2.75, 3.05) is 35.6 Å². The molecule has 0 spiro atoms. The summed E-state index contributed by atoms with van der Waals surface area (Å²) in [5.41, 5.74) is 0.922. The summed E-state index contributed by atoms with van der Waals surface area (Å²) in [6.45, 7) is 5.99. The number of carbonyl (C=O) groups excluding carboxylic acids is 1. The highest BCUT2D eigenvalue weighted by Gasteiger charge is 2.21. The van der Waals surface area contributed by atoms with Gasteiger partial charge in [-0.1, -0.05) is 12.7 Å². The van der Waals surface area contributed by atoms with Gasteiger partial charge in [0.05, 0.1) is 18.6 Å². The number of ether oxygens (including phenoxy) is 2. The predicted octanol–water partition coefficient (Wildman–Crippen LogP) is 3.05. The van der Waals surface area contributed by atoms with E-state index in [0.717, 1.165) is 10.6 Å². The van der Waals surface area contributed by atoms with Crippen LogP contribution in [0.4, 0.5) is 11.4 Å². The number of hydrogen-bond acceptors (Lipinski definition) is 5. The lowest BCUT2D eigenvalue weighted by Crippen LogP contribution is -2.37. The van der Waals surface area contributed by atoms with Crippen LogP contribution < -0.4 is 19.1 Å². The fourth-order valence-corrected chi connectivity index (χ4v) is 3.25. The molecule has 0 aromatic heterocycles. The predicted molar refractivity (Wildman–Crippen MR) is 111 cm³/mol. The van der Waals surface area contributed by atoms with E-state index in [0.29, 0.717) is 36.1 Å². The highest BCUT2D eigenvalue weighted by atomic mass is 32.2. The second kappa shape index (κ2) is 9.80. The van der Waals surface area contributed by atoms with Gasteiger partial charge in [0.25, 0.3) is 0 Å². The third-order valence-electron chi connectivity index (χ3n) is 3.63. The van der Waals surface area contributed by atoms with Crippen LogP contribution in [0.25, 0.3) is 0 Å². The molecule has 0 unspecified atom stereocenters. The van der Waals surface area contributed by atoms with E-state index in [-0.39, 0.29) is 6.54 Å². The van der Waals surface area contributed by atoms with Gasteiger partial charge in [-0.25, -0.2) is 8.42 Å². The molecule has 8 heteroatoms. The second-order valence-electron chi connectivity index (χ2n) is 5.87. The Morgan fingerprint density at radius 1 is 1.07 bits per heavy atom. The molecule has 1 amide bonds. The van der Waals surface area contributed by atoms with E-state index < -0.39 is 15.9 Å². The van der Waals surface area contributed by atoms with Gasteiger partial charge in [-0.2, -0.15) is 0 Å². The minimum Gasteiger partial charge on any atom is -0.494 e. The summed E-state index contributed by atoms with van der Waals surface area (Å²) >= 11 is 0. The number of nitrogens with one attached hydrogen (secondary N) is 1. The van der Waals surface area contributed by atoms with Gasteiger partial charge in [0.1, 0.15) is 24.7 Å². The molecule has 7 nitrogen and oxygen atoms in total. The Labute approximate surface area is 165 Å². The summed E-state index contributed by atoms with van der Waals surface area (Å²) in [5.74, 6) is 0.812. The van der Waals surface area contributed by atoms with Gasteiger partial charge < -0.3 is 14.8 Å². The van der Waals surface area contributed by atoms with Gasteiger partial charge in [-0.15, -0.1) is 0 Å². The van der Waals surface area contributed by atoms with Crippen molar-refractivity contribution in [3.8, 4) is 11.5 Å². The van der Waals surface area contributed by atoms with E-state index in [4.69, 9.17) is 9.47 Å². The third-order valence-corrected chi connectivity index (χ3v) is 4.77. The number of benzene rings is 2. The Hall–Kier alpha value is -3.00. The largest absolute Gasteiger partial charge is 0.494 e. The maximum absolute atomic E-state index is 12.4. The summed E-state index contributed by atoms with van der Waals surface area (Å²) in [6.07, 6.45) is 2.69. The quantitative estimate of drug-likeness (QED) is 0.615. The summed E-state index contributed by atoms with van der Waals surface area (Å²) in [5, 5.41) is 2.68. The van der Waals surface area contributed by atoms with Gasteiger partial charge in [-0.3, -0.25) is 9.10 Å². The minimum atomic E-state index is -3.65. The van der Waals surface area contributed by atoms with Gasteiger partial charge in [-0.05, 0) is 55.5 Å². The van der Waals surface area contributed by atoms with Crippen molar-refractivity contribution in [2.24, 2.45) is 0 Å². The zero-order valence-corrected chi connectivity index (χ0v) is 16.7. The summed E-state index contributed by atoms with van der Waals surface area (Å²) in [6, 6.07) is 13.3. The number of carbonyl (C=O) groups is 1. The van der Waals surface area contributed by atoms with Crippen molar-refractivity contribution in [3.05, 3.63) is 61.2 Å². The first-order valence-electron chi connectivity index (χ1n) is 8.67. The Morgan fingerprint density at radius 2 is 1.64 bits per heavy atom. The van der Waals surface area contributed by atoms with Crippen molar-refractivity contribution in [3.63, 3.8) is 0 Å². The average molecular weight is 404 g/mol. The summed E-state index contributed by atoms with van der Waals surface area (Å²) in [7, 11) is -3.65. The standard InChI is InChI=1S/C20H24N2O5S/c1-4-14-27-19-10-6-16(7-11-19)21-20(23)15-22(28(3,24)25)17-8-12-18(13-9-17)26-5-2/h4,6-13H,1,5,14-15H2,2-3H3,(H,21,23). The van der Waals surface area contributed by atoms with E-state index in [1.165, 1.54) is 0 Å². The lowest BCUT2D eigenvalue weighted by molar-refractivity contribution is -0.114. The molecule has 2 aromatic carbocycles. The van der Waals surface area contributed by atoms with Crippen LogP contribution >= 0.6 is 0 Å². The van der Waals surface area contributed by atoms with Gasteiger partial charge in [0, 0.05) is 5.69 Å². The van der Waals surface area contributed by atoms with Gasteiger partial charge >= 0.3 is 0 Å². The fraction of sp³-hybridized carbons (Fsp3) is 0.250. The molecular formula is C20H24N2O5S. The van der Waals surface area contributed by atoms with Crippen LogP contribution in [0.2, 0.25) is 0 Å². The number of rotatable bonds is 10. The van der Waals surface area contributed by atoms with Crippen LogP contribution in [0.5, 0.6) is 11.5 Å². The molecule has 0 saturated heterocycles. The number of hydrogen-bond donors (Lipinski definition) is 1. The fourth-order valence-electron chi connectivity index (χ4n) is 2.40. The van der Waals surface area contributed by atoms with E-state index in [1.807, 2.05) is 6.92 Å². The zero-order chi connectivity index (χ0) is 20.6. The monoisotopic (exact) mass is 404 g/mol. The van der Waals surface area contributed by atoms with Gasteiger partial charge in [0.15, 0.2) is 0 Å². The second-order valence-corrected chi connectivity index (χ2v) is 7.78. The van der Waals surface area contributed by atoms with Crippen molar-refractivity contribution >= 4 is 27.3 Å². The molecule has 0 fully saturated rings. The van der Waals surface area contributed by atoms with Crippen LogP contribution in [0.3, 0.4) is 0 Å². The van der Waals surface area contributed by atoms with Crippen molar-refractivity contribution < 1.29 is 22.7 Å².